The molecule has 10 heteroatoms. The maximum absolute atomic E-state index is 11.0. The predicted octanol–water partition coefficient (Wildman–Crippen LogP) is 0.493. The first kappa shape index (κ1) is 14.7. The highest BCUT2D eigenvalue weighted by Gasteiger charge is 2.24. The summed E-state index contributed by atoms with van der Waals surface area (Å²) in [5.41, 5.74) is 6.54. The molecule has 0 heterocycles. The lowest BCUT2D eigenvalue weighted by Gasteiger charge is -2.10. The van der Waals surface area contributed by atoms with Crippen LogP contribution < -0.4 is 10.5 Å². The molecule has 0 amide bonds. The summed E-state index contributed by atoms with van der Waals surface area (Å²) in [6.07, 6.45) is 0. The summed E-state index contributed by atoms with van der Waals surface area (Å²) in [5, 5.41) is 0. The molecule has 0 atom stereocenters. The second kappa shape index (κ2) is 4.72. The third-order valence-electron chi connectivity index (χ3n) is 1.90. The van der Waals surface area contributed by atoms with Gasteiger partial charge in [0.05, 0.1) is 12.3 Å². The molecule has 0 unspecified atom stereocenters. The molecule has 0 aliphatic carbocycles. The van der Waals surface area contributed by atoms with E-state index in [0.29, 0.717) is 12.1 Å². The van der Waals surface area contributed by atoms with Crippen molar-refractivity contribution in [1.82, 2.24) is 5.73 Å². The van der Waals surface area contributed by atoms with Crippen LogP contribution in [-0.2, 0) is 20.2 Å². The Hall–Kier alpha value is -1.36. The predicted molar refractivity (Wildman–Crippen MR) is 60.0 cm³/mol. The van der Waals surface area contributed by atoms with Crippen LogP contribution in [0.4, 0.5) is 5.69 Å². The Morgan fingerprint density at radius 1 is 1.11 bits per heavy atom. The van der Waals surface area contributed by atoms with Crippen LogP contribution in [0.5, 0.6) is 5.75 Å². The molecule has 0 fully saturated rings. The average molecular weight is 296 g/mol. The van der Waals surface area contributed by atoms with Crippen molar-refractivity contribution in [1.29, 1.82) is 0 Å². The van der Waals surface area contributed by atoms with Gasteiger partial charge in [0.15, 0.2) is 0 Å². The molecule has 1 rings (SSSR count). The minimum Gasteiger partial charge on any atom is -0.492 e. The number of rotatable bonds is 4. The van der Waals surface area contributed by atoms with Crippen molar-refractivity contribution in [3.8, 4) is 5.75 Å². The molecule has 18 heavy (non-hydrogen) atoms. The lowest BCUT2D eigenvalue weighted by molar-refractivity contribution is 0.328. The molecule has 101 valence electrons. The van der Waals surface area contributed by atoms with Crippen LogP contribution in [0.2, 0.25) is 0 Å². The van der Waals surface area contributed by atoms with Gasteiger partial charge in [-0.1, -0.05) is 0 Å². The molecule has 0 aromatic heterocycles. The molecule has 0 aliphatic heterocycles. The quantitative estimate of drug-likeness (QED) is 0.770. The number of ether oxygens (including phenoxy) is 1. The fraction of sp³-hybridized carbons (Fsp3) is 0.250. The second-order valence-corrected chi connectivity index (χ2v) is 5.96. The van der Waals surface area contributed by atoms with E-state index in [4.69, 9.17) is 19.6 Å². The molecule has 1 radical (unpaired) electrons. The van der Waals surface area contributed by atoms with Gasteiger partial charge in [0.2, 0.25) is 0 Å². The largest absolute Gasteiger partial charge is 0.492 e. The number of hydrogen-bond acceptors (Lipinski definition) is 5. The smallest absolute Gasteiger partial charge is 0.298 e. The lowest BCUT2D eigenvalue weighted by atomic mass is 10.3. The van der Waals surface area contributed by atoms with Crippen LogP contribution in [0, 0.1) is 0 Å². The van der Waals surface area contributed by atoms with Crippen molar-refractivity contribution in [2.24, 2.45) is 0 Å². The SMILES string of the molecule is CCOc1cc(S(=O)(=O)O)c([NH])cc1S(=O)(=O)O. The molecule has 0 spiro atoms. The average Bonchev–Trinajstić information content (AvgIpc) is 2.17. The van der Waals surface area contributed by atoms with Gasteiger partial charge in [-0.2, -0.15) is 16.8 Å². The van der Waals surface area contributed by atoms with E-state index in [0.717, 1.165) is 0 Å². The first-order valence-electron chi connectivity index (χ1n) is 4.54. The van der Waals surface area contributed by atoms with E-state index in [9.17, 15) is 16.8 Å². The summed E-state index contributed by atoms with van der Waals surface area (Å²) < 4.78 is 66.5. The first-order valence-corrected chi connectivity index (χ1v) is 7.42. The Kier molecular flexibility index (Phi) is 3.86. The van der Waals surface area contributed by atoms with Gasteiger partial charge in [-0.05, 0) is 13.0 Å². The minimum atomic E-state index is -4.68. The highest BCUT2D eigenvalue weighted by molar-refractivity contribution is 7.86. The molecule has 0 saturated carbocycles. The Morgan fingerprint density at radius 3 is 2.00 bits per heavy atom. The third-order valence-corrected chi connectivity index (χ3v) is 3.67. The zero-order valence-electron chi connectivity index (χ0n) is 9.11. The summed E-state index contributed by atoms with van der Waals surface area (Å²) in [4.78, 5) is -1.54. The standard InChI is InChI=1S/C8H10NO7S2/c1-2-16-6-4-7(17(10,11)12)5(9)3-8(6)18(13,14)15/h3-4,9H,2H2,1H3,(H,10,11,12)(H,13,14,15). The van der Waals surface area contributed by atoms with E-state index in [-0.39, 0.29) is 6.61 Å². The van der Waals surface area contributed by atoms with Crippen molar-refractivity contribution in [2.75, 3.05) is 6.61 Å². The fourth-order valence-corrected chi connectivity index (χ4v) is 2.46. The molecular weight excluding hydrogens is 286 g/mol. The van der Waals surface area contributed by atoms with Gasteiger partial charge in [0.1, 0.15) is 15.5 Å². The van der Waals surface area contributed by atoms with Crippen LogP contribution in [0.1, 0.15) is 6.92 Å². The minimum absolute atomic E-state index is 0.00474. The van der Waals surface area contributed by atoms with Crippen LogP contribution in [0.3, 0.4) is 0 Å². The Labute approximate surface area is 104 Å². The van der Waals surface area contributed by atoms with E-state index in [2.05, 4.69) is 0 Å². The summed E-state index contributed by atoms with van der Waals surface area (Å²) >= 11 is 0. The zero-order valence-corrected chi connectivity index (χ0v) is 10.7. The van der Waals surface area contributed by atoms with Gasteiger partial charge in [-0.3, -0.25) is 14.8 Å². The van der Waals surface area contributed by atoms with Crippen molar-refractivity contribution >= 4 is 25.9 Å². The van der Waals surface area contributed by atoms with Crippen molar-refractivity contribution in [3.05, 3.63) is 12.1 Å². The second-order valence-electron chi connectivity index (χ2n) is 3.18. The normalized spacial score (nSPS) is 12.4. The molecule has 1 aromatic rings. The summed E-state index contributed by atoms with van der Waals surface area (Å²) in [6.45, 7) is 1.51. The highest BCUT2D eigenvalue weighted by atomic mass is 32.2. The third kappa shape index (κ3) is 3.10. The van der Waals surface area contributed by atoms with Crippen molar-refractivity contribution < 1.29 is 30.7 Å². The van der Waals surface area contributed by atoms with Crippen LogP contribution in [-0.4, -0.2) is 32.5 Å². The van der Waals surface area contributed by atoms with Gasteiger partial charge in [-0.15, -0.1) is 0 Å². The molecule has 0 bridgehead atoms. The topological polar surface area (TPSA) is 142 Å². The highest BCUT2D eigenvalue weighted by Crippen LogP contribution is 2.32. The fourth-order valence-electron chi connectivity index (χ4n) is 1.22. The number of nitrogens with one attached hydrogen (secondary N) is 1. The zero-order chi connectivity index (χ0) is 14.1. The lowest BCUT2D eigenvalue weighted by Crippen LogP contribution is -2.07. The van der Waals surface area contributed by atoms with E-state index < -0.39 is 41.5 Å². The van der Waals surface area contributed by atoms with Crippen LogP contribution in [0.15, 0.2) is 21.9 Å². The monoisotopic (exact) mass is 296 g/mol. The molecule has 1 aromatic carbocycles. The Balaban J connectivity index is 3.65. The van der Waals surface area contributed by atoms with Gasteiger partial charge < -0.3 is 4.74 Å². The Morgan fingerprint density at radius 2 is 1.61 bits per heavy atom. The summed E-state index contributed by atoms with van der Waals surface area (Å²) in [6, 6.07) is 1.26. The summed E-state index contributed by atoms with van der Waals surface area (Å²) in [7, 11) is -9.34. The van der Waals surface area contributed by atoms with Crippen LogP contribution >= 0.6 is 0 Å². The van der Waals surface area contributed by atoms with Gasteiger partial charge in [0, 0.05) is 6.07 Å². The molecule has 3 N–H and O–H groups in total. The molecule has 0 saturated heterocycles. The van der Waals surface area contributed by atoms with Crippen molar-refractivity contribution in [3.63, 3.8) is 0 Å². The van der Waals surface area contributed by atoms with E-state index in [1.165, 1.54) is 6.92 Å². The van der Waals surface area contributed by atoms with Gasteiger partial charge in [0.25, 0.3) is 20.2 Å². The molecule has 8 nitrogen and oxygen atoms in total. The molecular formula is C8H10NO7S2. The maximum atomic E-state index is 11.0. The van der Waals surface area contributed by atoms with Crippen LogP contribution in [0.25, 0.3) is 0 Å². The van der Waals surface area contributed by atoms with Crippen molar-refractivity contribution in [2.45, 2.75) is 16.7 Å². The van der Waals surface area contributed by atoms with Gasteiger partial charge in [-0.25, -0.2) is 0 Å². The molecule has 0 aliphatic rings. The number of benzene rings is 1. The van der Waals surface area contributed by atoms with Gasteiger partial charge >= 0.3 is 0 Å². The maximum Gasteiger partial charge on any atom is 0.298 e. The first-order chi connectivity index (χ1) is 8.07. The van der Waals surface area contributed by atoms with E-state index in [1.807, 2.05) is 0 Å². The number of hydrogen-bond donors (Lipinski definition) is 2. The Bertz CT molecular complexity index is 663. The van der Waals surface area contributed by atoms with E-state index >= 15 is 0 Å². The summed E-state index contributed by atoms with van der Waals surface area (Å²) in [5.74, 6) is -0.455. The van der Waals surface area contributed by atoms with E-state index in [1.54, 1.807) is 0 Å².